The number of aromatic nitrogens is 1. The Morgan fingerprint density at radius 2 is 1.94 bits per heavy atom. The Labute approximate surface area is 101 Å². The Morgan fingerprint density at radius 1 is 1.24 bits per heavy atom. The third-order valence-corrected chi connectivity index (χ3v) is 2.62. The van der Waals surface area contributed by atoms with Gasteiger partial charge in [0, 0.05) is 24.5 Å². The highest BCUT2D eigenvalue weighted by Gasteiger charge is 2.16. The second-order valence-electron chi connectivity index (χ2n) is 4.32. The quantitative estimate of drug-likeness (QED) is 0.879. The van der Waals surface area contributed by atoms with Gasteiger partial charge in [-0.2, -0.15) is 0 Å². The predicted molar refractivity (Wildman–Crippen MR) is 66.8 cm³/mol. The molecule has 1 aromatic carbocycles. The van der Waals surface area contributed by atoms with Crippen LogP contribution in [-0.4, -0.2) is 16.7 Å². The lowest BCUT2D eigenvalue weighted by Crippen LogP contribution is -1.97. The van der Waals surface area contributed by atoms with Crippen LogP contribution in [-0.2, 0) is 6.42 Å². The lowest BCUT2D eigenvalue weighted by atomic mass is 10.1. The van der Waals surface area contributed by atoms with Crippen LogP contribution in [0.25, 0.3) is 11.5 Å². The van der Waals surface area contributed by atoms with Gasteiger partial charge in [-0.3, -0.25) is 0 Å². The lowest BCUT2D eigenvalue weighted by Gasteiger charge is -2.01. The molecule has 0 fully saturated rings. The molecule has 0 aliphatic carbocycles. The molecule has 2 aromatic rings. The van der Waals surface area contributed by atoms with Crippen LogP contribution in [0.15, 0.2) is 34.7 Å². The van der Waals surface area contributed by atoms with E-state index in [0.29, 0.717) is 12.3 Å². The molecule has 2 rings (SSSR count). The Hall–Kier alpha value is -1.61. The number of aliphatic hydroxyl groups excluding tert-OH is 1. The molecule has 0 atom stereocenters. The largest absolute Gasteiger partial charge is 0.441 e. The topological polar surface area (TPSA) is 46.3 Å². The Balaban J connectivity index is 2.40. The van der Waals surface area contributed by atoms with Crippen molar-refractivity contribution in [3.63, 3.8) is 0 Å². The summed E-state index contributed by atoms with van der Waals surface area (Å²) < 4.78 is 5.79. The van der Waals surface area contributed by atoms with Gasteiger partial charge in [-0.05, 0) is 12.1 Å². The summed E-state index contributed by atoms with van der Waals surface area (Å²) in [5.74, 6) is 1.79. The molecule has 90 valence electrons. The average Bonchev–Trinajstić information content (AvgIpc) is 2.75. The van der Waals surface area contributed by atoms with E-state index in [-0.39, 0.29) is 12.5 Å². The molecule has 0 radical (unpaired) electrons. The minimum absolute atomic E-state index is 0.0977. The van der Waals surface area contributed by atoms with Crippen LogP contribution in [0.3, 0.4) is 0 Å². The molecular weight excluding hydrogens is 214 g/mol. The van der Waals surface area contributed by atoms with Crippen LogP contribution in [0.2, 0.25) is 0 Å². The summed E-state index contributed by atoms with van der Waals surface area (Å²) in [6, 6.07) is 9.82. The van der Waals surface area contributed by atoms with Crippen molar-refractivity contribution in [1.82, 2.24) is 4.98 Å². The first-order chi connectivity index (χ1) is 8.22. The molecule has 0 bridgehead atoms. The smallest absolute Gasteiger partial charge is 0.226 e. The standard InChI is InChI=1S/C14H17NO2/c1-10(2)13-12(8-9-16)15-14(17-13)11-6-4-3-5-7-11/h3-7,10,16H,8-9H2,1-2H3. The van der Waals surface area contributed by atoms with Crippen molar-refractivity contribution in [1.29, 1.82) is 0 Å². The van der Waals surface area contributed by atoms with Crippen molar-refractivity contribution in [3.05, 3.63) is 41.8 Å². The summed E-state index contributed by atoms with van der Waals surface area (Å²) in [4.78, 5) is 4.46. The highest BCUT2D eigenvalue weighted by Crippen LogP contribution is 2.27. The Kier molecular flexibility index (Phi) is 3.59. The molecule has 0 aliphatic heterocycles. The number of oxazole rings is 1. The molecule has 0 saturated heterocycles. The summed E-state index contributed by atoms with van der Waals surface area (Å²) in [5.41, 5.74) is 1.83. The third-order valence-electron chi connectivity index (χ3n) is 2.62. The highest BCUT2D eigenvalue weighted by atomic mass is 16.4. The fourth-order valence-electron chi connectivity index (χ4n) is 1.80. The molecule has 0 aliphatic rings. The first-order valence-electron chi connectivity index (χ1n) is 5.88. The van der Waals surface area contributed by atoms with Gasteiger partial charge in [-0.1, -0.05) is 32.0 Å². The van der Waals surface area contributed by atoms with Gasteiger partial charge in [-0.25, -0.2) is 4.98 Å². The predicted octanol–water partition coefficient (Wildman–Crippen LogP) is 3.00. The Morgan fingerprint density at radius 3 is 2.53 bits per heavy atom. The van der Waals surface area contributed by atoms with Crippen molar-refractivity contribution in [2.75, 3.05) is 6.61 Å². The van der Waals surface area contributed by atoms with Gasteiger partial charge in [0.2, 0.25) is 5.89 Å². The molecule has 17 heavy (non-hydrogen) atoms. The lowest BCUT2D eigenvalue weighted by molar-refractivity contribution is 0.297. The first-order valence-corrected chi connectivity index (χ1v) is 5.88. The minimum atomic E-state index is 0.0977. The van der Waals surface area contributed by atoms with Gasteiger partial charge in [0.15, 0.2) is 0 Å². The molecule has 3 nitrogen and oxygen atoms in total. The van der Waals surface area contributed by atoms with E-state index in [4.69, 9.17) is 9.52 Å². The van der Waals surface area contributed by atoms with Crippen molar-refractivity contribution in [3.8, 4) is 11.5 Å². The van der Waals surface area contributed by atoms with E-state index >= 15 is 0 Å². The molecule has 0 saturated carbocycles. The summed E-state index contributed by atoms with van der Waals surface area (Å²) in [5, 5.41) is 9.02. The van der Waals surface area contributed by atoms with Gasteiger partial charge in [0.1, 0.15) is 5.76 Å². The van der Waals surface area contributed by atoms with E-state index in [0.717, 1.165) is 17.0 Å². The SMILES string of the molecule is CC(C)c1oc(-c2ccccc2)nc1CCO. The molecule has 0 amide bonds. The second kappa shape index (κ2) is 5.15. The molecule has 1 heterocycles. The number of aliphatic hydroxyl groups is 1. The first kappa shape index (κ1) is 11.9. The molecule has 0 spiro atoms. The van der Waals surface area contributed by atoms with Crippen molar-refractivity contribution < 1.29 is 9.52 Å². The summed E-state index contributed by atoms with van der Waals surface area (Å²) in [7, 11) is 0. The van der Waals surface area contributed by atoms with E-state index in [1.165, 1.54) is 0 Å². The number of benzene rings is 1. The number of hydrogen-bond acceptors (Lipinski definition) is 3. The van der Waals surface area contributed by atoms with Crippen molar-refractivity contribution in [2.24, 2.45) is 0 Å². The highest BCUT2D eigenvalue weighted by molar-refractivity contribution is 5.53. The summed E-state index contributed by atoms with van der Waals surface area (Å²) >= 11 is 0. The van der Waals surface area contributed by atoms with Gasteiger partial charge in [0.25, 0.3) is 0 Å². The van der Waals surface area contributed by atoms with E-state index in [9.17, 15) is 0 Å². The third kappa shape index (κ3) is 2.56. The molecule has 1 N–H and O–H groups in total. The van der Waals surface area contributed by atoms with E-state index < -0.39 is 0 Å². The molecule has 1 aromatic heterocycles. The van der Waals surface area contributed by atoms with Crippen LogP contribution in [0.4, 0.5) is 0 Å². The number of rotatable bonds is 4. The van der Waals surface area contributed by atoms with Crippen molar-refractivity contribution in [2.45, 2.75) is 26.2 Å². The maximum absolute atomic E-state index is 9.02. The van der Waals surface area contributed by atoms with Crippen LogP contribution in [0.1, 0.15) is 31.2 Å². The maximum Gasteiger partial charge on any atom is 0.226 e. The number of nitrogens with zero attached hydrogens (tertiary/aromatic N) is 1. The zero-order valence-corrected chi connectivity index (χ0v) is 10.2. The summed E-state index contributed by atoms with van der Waals surface area (Å²) in [6.45, 7) is 4.23. The zero-order chi connectivity index (χ0) is 12.3. The van der Waals surface area contributed by atoms with E-state index in [1.54, 1.807) is 0 Å². The minimum Gasteiger partial charge on any atom is -0.441 e. The van der Waals surface area contributed by atoms with Crippen molar-refractivity contribution >= 4 is 0 Å². The second-order valence-corrected chi connectivity index (χ2v) is 4.32. The van der Waals surface area contributed by atoms with E-state index in [2.05, 4.69) is 18.8 Å². The average molecular weight is 231 g/mol. The zero-order valence-electron chi connectivity index (χ0n) is 10.2. The molecule has 3 heteroatoms. The van der Waals surface area contributed by atoms with Crippen LogP contribution in [0.5, 0.6) is 0 Å². The van der Waals surface area contributed by atoms with Crippen LogP contribution in [0, 0.1) is 0 Å². The maximum atomic E-state index is 9.02. The molecule has 0 unspecified atom stereocenters. The summed E-state index contributed by atoms with van der Waals surface area (Å²) in [6.07, 6.45) is 0.545. The Bertz CT molecular complexity index is 474. The van der Waals surface area contributed by atoms with Gasteiger partial charge in [-0.15, -0.1) is 0 Å². The van der Waals surface area contributed by atoms with E-state index in [1.807, 2.05) is 30.3 Å². The normalized spacial score (nSPS) is 11.1. The van der Waals surface area contributed by atoms with Gasteiger partial charge >= 0.3 is 0 Å². The van der Waals surface area contributed by atoms with Crippen LogP contribution >= 0.6 is 0 Å². The van der Waals surface area contributed by atoms with Gasteiger partial charge in [0.05, 0.1) is 5.69 Å². The fourth-order valence-corrected chi connectivity index (χ4v) is 1.80. The van der Waals surface area contributed by atoms with Crippen LogP contribution < -0.4 is 0 Å². The van der Waals surface area contributed by atoms with Gasteiger partial charge < -0.3 is 9.52 Å². The fraction of sp³-hybridized carbons (Fsp3) is 0.357. The monoisotopic (exact) mass is 231 g/mol. The molecular formula is C14H17NO2. The number of hydrogen-bond donors (Lipinski definition) is 1.